The Morgan fingerprint density at radius 3 is 2.44 bits per heavy atom. The molecule has 0 fully saturated rings. The molecule has 6 heteroatoms. The summed E-state index contributed by atoms with van der Waals surface area (Å²) in [5, 5.41) is 14.8. The summed E-state index contributed by atoms with van der Waals surface area (Å²) in [4.78, 5) is 24.4. The van der Waals surface area contributed by atoms with Crippen LogP contribution in [0, 0.1) is 5.41 Å². The van der Waals surface area contributed by atoms with Crippen molar-refractivity contribution in [3.8, 4) is 0 Å². The predicted molar refractivity (Wildman–Crippen MR) is 70.6 cm³/mol. The Kier molecular flexibility index (Phi) is 7.35. The van der Waals surface area contributed by atoms with Crippen LogP contribution in [0.25, 0.3) is 0 Å². The maximum atomic E-state index is 11.7. The Hall–Kier alpha value is -1.30. The van der Waals surface area contributed by atoms with Crippen LogP contribution in [-0.4, -0.2) is 55.7 Å². The van der Waals surface area contributed by atoms with Crippen molar-refractivity contribution in [3.05, 3.63) is 0 Å². The molecule has 0 aromatic carbocycles. The third-order valence-electron chi connectivity index (χ3n) is 3.19. The van der Waals surface area contributed by atoms with Gasteiger partial charge >= 0.3 is 12.0 Å². The largest absolute Gasteiger partial charge is 0.481 e. The van der Waals surface area contributed by atoms with Gasteiger partial charge in [-0.15, -0.1) is 0 Å². The van der Waals surface area contributed by atoms with Gasteiger partial charge in [-0.1, -0.05) is 6.92 Å². The number of aliphatic carboxylic acids is 1. The van der Waals surface area contributed by atoms with Gasteiger partial charge in [0.2, 0.25) is 0 Å². The van der Waals surface area contributed by atoms with Gasteiger partial charge in [-0.2, -0.15) is 0 Å². The average molecular weight is 259 g/mol. The molecule has 0 aromatic rings. The normalized spacial score (nSPS) is 13.8. The second-order valence-corrected chi connectivity index (χ2v) is 4.76. The van der Waals surface area contributed by atoms with E-state index < -0.39 is 11.4 Å². The predicted octanol–water partition coefficient (Wildman–Crippen LogP) is 0.738. The molecule has 0 radical (unpaired) electrons. The van der Waals surface area contributed by atoms with Crippen LogP contribution in [-0.2, 0) is 4.79 Å². The van der Waals surface area contributed by atoms with Crippen molar-refractivity contribution in [3.63, 3.8) is 0 Å². The summed E-state index contributed by atoms with van der Waals surface area (Å²) in [6, 6.07) is -0.230. The smallest absolute Gasteiger partial charge is 0.317 e. The van der Waals surface area contributed by atoms with Crippen LogP contribution in [0.15, 0.2) is 0 Å². The van der Waals surface area contributed by atoms with E-state index >= 15 is 0 Å². The Balaban J connectivity index is 4.12. The van der Waals surface area contributed by atoms with Crippen molar-refractivity contribution in [1.82, 2.24) is 15.5 Å². The summed E-state index contributed by atoms with van der Waals surface area (Å²) in [6.45, 7) is 5.07. The maximum absolute atomic E-state index is 11.7. The fourth-order valence-corrected chi connectivity index (χ4v) is 1.35. The van der Waals surface area contributed by atoms with Gasteiger partial charge in [-0.05, 0) is 33.4 Å². The summed E-state index contributed by atoms with van der Waals surface area (Å²) in [6.07, 6.45) is 1.34. The molecule has 0 spiro atoms. The number of urea groups is 1. The van der Waals surface area contributed by atoms with Crippen molar-refractivity contribution in [1.29, 1.82) is 0 Å². The highest BCUT2D eigenvalue weighted by Crippen LogP contribution is 2.19. The van der Waals surface area contributed by atoms with Crippen LogP contribution in [0.3, 0.4) is 0 Å². The van der Waals surface area contributed by atoms with Crippen molar-refractivity contribution in [2.24, 2.45) is 5.41 Å². The van der Waals surface area contributed by atoms with E-state index in [1.165, 1.54) is 0 Å². The minimum atomic E-state index is -0.901. The van der Waals surface area contributed by atoms with Crippen LogP contribution in [0.5, 0.6) is 0 Å². The zero-order valence-corrected chi connectivity index (χ0v) is 11.7. The first kappa shape index (κ1) is 16.7. The van der Waals surface area contributed by atoms with E-state index in [1.807, 2.05) is 7.05 Å². The van der Waals surface area contributed by atoms with Crippen LogP contribution in [0.2, 0.25) is 0 Å². The topological polar surface area (TPSA) is 81.7 Å². The van der Waals surface area contributed by atoms with Gasteiger partial charge in [0.05, 0.1) is 5.41 Å². The zero-order valence-electron chi connectivity index (χ0n) is 11.7. The van der Waals surface area contributed by atoms with Crippen molar-refractivity contribution in [2.75, 3.05) is 33.7 Å². The summed E-state index contributed by atoms with van der Waals surface area (Å²) in [5.41, 5.74) is -0.901. The first-order valence-electron chi connectivity index (χ1n) is 6.24. The molecule has 0 aliphatic carbocycles. The first-order chi connectivity index (χ1) is 8.37. The SMILES string of the molecule is CCC(C)(CNC(=O)N(C)CCCNC)C(=O)O. The van der Waals surface area contributed by atoms with Gasteiger partial charge in [0.15, 0.2) is 0 Å². The molecule has 0 rings (SSSR count). The molecule has 1 atom stereocenters. The van der Waals surface area contributed by atoms with Crippen LogP contribution < -0.4 is 10.6 Å². The molecule has 3 N–H and O–H groups in total. The first-order valence-corrected chi connectivity index (χ1v) is 6.24. The maximum Gasteiger partial charge on any atom is 0.317 e. The highest BCUT2D eigenvalue weighted by Gasteiger charge is 2.31. The van der Waals surface area contributed by atoms with Crippen LogP contribution in [0.1, 0.15) is 26.7 Å². The number of hydrogen-bond donors (Lipinski definition) is 3. The average Bonchev–Trinajstić information content (AvgIpc) is 2.35. The molecule has 0 saturated heterocycles. The molecule has 0 heterocycles. The second-order valence-electron chi connectivity index (χ2n) is 4.76. The molecule has 0 aliphatic rings. The summed E-state index contributed by atoms with van der Waals surface area (Å²) in [5.74, 6) is -0.886. The summed E-state index contributed by atoms with van der Waals surface area (Å²) in [7, 11) is 3.56. The number of carbonyl (C=O) groups is 2. The number of nitrogens with zero attached hydrogens (tertiary/aromatic N) is 1. The molecular weight excluding hydrogens is 234 g/mol. The van der Waals surface area contributed by atoms with Crippen molar-refractivity contribution < 1.29 is 14.7 Å². The van der Waals surface area contributed by atoms with E-state index in [0.29, 0.717) is 13.0 Å². The third-order valence-corrected chi connectivity index (χ3v) is 3.19. The van der Waals surface area contributed by atoms with Gasteiger partial charge in [0, 0.05) is 20.1 Å². The van der Waals surface area contributed by atoms with E-state index in [0.717, 1.165) is 13.0 Å². The number of carbonyl (C=O) groups excluding carboxylic acids is 1. The molecule has 2 amide bonds. The van der Waals surface area contributed by atoms with Gasteiger partial charge in [0.25, 0.3) is 0 Å². The minimum absolute atomic E-state index is 0.147. The monoisotopic (exact) mass is 259 g/mol. The van der Waals surface area contributed by atoms with E-state index in [4.69, 9.17) is 5.11 Å². The number of rotatable bonds is 8. The highest BCUT2D eigenvalue weighted by atomic mass is 16.4. The second kappa shape index (κ2) is 7.92. The van der Waals surface area contributed by atoms with E-state index in [-0.39, 0.29) is 12.6 Å². The lowest BCUT2D eigenvalue weighted by atomic mass is 9.88. The highest BCUT2D eigenvalue weighted by molar-refractivity contribution is 5.77. The molecule has 0 saturated carbocycles. The number of nitrogens with one attached hydrogen (secondary N) is 2. The lowest BCUT2D eigenvalue weighted by Crippen LogP contribution is -2.45. The molecule has 0 bridgehead atoms. The van der Waals surface area contributed by atoms with E-state index in [1.54, 1.807) is 25.8 Å². The van der Waals surface area contributed by atoms with Gasteiger partial charge in [0.1, 0.15) is 0 Å². The molecular formula is C12H25N3O3. The molecule has 6 nitrogen and oxygen atoms in total. The fraction of sp³-hybridized carbons (Fsp3) is 0.833. The Bertz CT molecular complexity index is 284. The molecule has 18 heavy (non-hydrogen) atoms. The number of hydrogen-bond acceptors (Lipinski definition) is 3. The minimum Gasteiger partial charge on any atom is -0.481 e. The number of carboxylic acid groups (broad SMARTS) is 1. The lowest BCUT2D eigenvalue weighted by Gasteiger charge is -2.25. The summed E-state index contributed by atoms with van der Waals surface area (Å²) >= 11 is 0. The van der Waals surface area contributed by atoms with Crippen molar-refractivity contribution in [2.45, 2.75) is 26.7 Å². The Labute approximate surface area is 109 Å². The number of amides is 2. The van der Waals surface area contributed by atoms with E-state index in [2.05, 4.69) is 10.6 Å². The van der Waals surface area contributed by atoms with Gasteiger partial charge < -0.3 is 20.6 Å². The van der Waals surface area contributed by atoms with Gasteiger partial charge in [-0.25, -0.2) is 4.79 Å². The third kappa shape index (κ3) is 5.35. The Morgan fingerprint density at radius 2 is 2.00 bits per heavy atom. The molecule has 1 unspecified atom stereocenters. The standard InChI is InChI=1S/C12H25N3O3/c1-5-12(2,10(16)17)9-14-11(18)15(4)8-6-7-13-3/h13H,5-9H2,1-4H3,(H,14,18)(H,16,17). The van der Waals surface area contributed by atoms with Crippen molar-refractivity contribution >= 4 is 12.0 Å². The summed E-state index contributed by atoms with van der Waals surface area (Å²) < 4.78 is 0. The molecule has 0 aromatic heterocycles. The van der Waals surface area contributed by atoms with E-state index in [9.17, 15) is 9.59 Å². The molecule has 0 aliphatic heterocycles. The zero-order chi connectivity index (χ0) is 14.2. The number of carboxylic acids is 1. The van der Waals surface area contributed by atoms with Crippen LogP contribution in [0.4, 0.5) is 4.79 Å². The lowest BCUT2D eigenvalue weighted by molar-refractivity contribution is -0.147. The Morgan fingerprint density at radius 1 is 1.39 bits per heavy atom. The quantitative estimate of drug-likeness (QED) is 0.561. The van der Waals surface area contributed by atoms with Crippen LogP contribution >= 0.6 is 0 Å². The molecule has 106 valence electrons. The fourth-order valence-electron chi connectivity index (χ4n) is 1.35. The van der Waals surface area contributed by atoms with Gasteiger partial charge in [-0.3, -0.25) is 4.79 Å².